The minimum absolute atomic E-state index is 0.171. The molecule has 0 bridgehead atoms. The Hall–Kier alpha value is -3.75. The highest BCUT2D eigenvalue weighted by atomic mass is 16.5. The van der Waals surface area contributed by atoms with Gasteiger partial charge in [-0.05, 0) is 94.5 Å². The number of pyridine rings is 1. The standard InChI is InChI=1S/C35H45NO8/c1-3-5-21-41-32(37)24-10-14-26(15-11-24)34(39)43-28-18-19-31(29(23-28)30-9-7-8-20-36-30)44-35(40)27-16-12-25(13-17-27)33(38)42-22-6-4-2/h7-9,18-20,23-27H,3-6,10-17,21-22H2,1-2H3/t24-,25?,26-,27?. The van der Waals surface area contributed by atoms with E-state index >= 15 is 0 Å². The van der Waals surface area contributed by atoms with E-state index in [1.165, 1.54) is 0 Å². The third kappa shape index (κ3) is 9.37. The van der Waals surface area contributed by atoms with Crippen molar-refractivity contribution in [2.75, 3.05) is 13.2 Å². The summed E-state index contributed by atoms with van der Waals surface area (Å²) < 4.78 is 22.4. The molecule has 2 aliphatic rings. The minimum Gasteiger partial charge on any atom is -0.465 e. The SMILES string of the molecule is CCCCOC(=O)C1CCC(C(=O)Oc2ccc(OC(=O)[C@H]3CC[C@H](C(=O)OCCCC)CC3)cc2-c2ccccn2)CC1. The molecular weight excluding hydrogens is 562 g/mol. The van der Waals surface area contributed by atoms with Gasteiger partial charge in [-0.25, -0.2) is 0 Å². The summed E-state index contributed by atoms with van der Waals surface area (Å²) in [5, 5.41) is 0. The van der Waals surface area contributed by atoms with Gasteiger partial charge in [-0.3, -0.25) is 24.2 Å². The highest BCUT2D eigenvalue weighted by Crippen LogP contribution is 2.37. The lowest BCUT2D eigenvalue weighted by molar-refractivity contribution is -0.152. The van der Waals surface area contributed by atoms with Crippen LogP contribution in [0.4, 0.5) is 0 Å². The minimum atomic E-state index is -0.352. The van der Waals surface area contributed by atoms with Gasteiger partial charge in [-0.1, -0.05) is 32.8 Å². The van der Waals surface area contributed by atoms with Crippen molar-refractivity contribution in [3.05, 3.63) is 42.6 Å². The van der Waals surface area contributed by atoms with Crippen molar-refractivity contribution < 1.29 is 38.1 Å². The zero-order valence-corrected chi connectivity index (χ0v) is 26.0. The lowest BCUT2D eigenvalue weighted by Gasteiger charge is -2.26. The number of benzene rings is 1. The highest BCUT2D eigenvalue weighted by molar-refractivity contribution is 5.81. The quantitative estimate of drug-likeness (QED) is 0.137. The summed E-state index contributed by atoms with van der Waals surface area (Å²) in [6.07, 6.45) is 9.90. The molecule has 238 valence electrons. The van der Waals surface area contributed by atoms with Crippen LogP contribution in [0.15, 0.2) is 42.6 Å². The number of unbranched alkanes of at least 4 members (excludes halogenated alkanes) is 2. The molecule has 1 aromatic carbocycles. The molecule has 0 atom stereocenters. The van der Waals surface area contributed by atoms with Gasteiger partial charge in [0, 0.05) is 11.8 Å². The molecule has 9 nitrogen and oxygen atoms in total. The number of carbonyl (C=O) groups excluding carboxylic acids is 4. The summed E-state index contributed by atoms with van der Waals surface area (Å²) in [7, 11) is 0. The van der Waals surface area contributed by atoms with E-state index < -0.39 is 0 Å². The Balaban J connectivity index is 1.35. The van der Waals surface area contributed by atoms with Crippen LogP contribution in [0.5, 0.6) is 11.5 Å². The monoisotopic (exact) mass is 607 g/mol. The number of aromatic nitrogens is 1. The Morgan fingerprint density at radius 3 is 1.64 bits per heavy atom. The van der Waals surface area contributed by atoms with Crippen molar-refractivity contribution >= 4 is 23.9 Å². The van der Waals surface area contributed by atoms with E-state index in [4.69, 9.17) is 18.9 Å². The van der Waals surface area contributed by atoms with Gasteiger partial charge < -0.3 is 18.9 Å². The van der Waals surface area contributed by atoms with Crippen molar-refractivity contribution in [1.29, 1.82) is 0 Å². The molecule has 0 radical (unpaired) electrons. The zero-order chi connectivity index (χ0) is 31.3. The smallest absolute Gasteiger partial charge is 0.314 e. The zero-order valence-electron chi connectivity index (χ0n) is 26.0. The average Bonchev–Trinajstić information content (AvgIpc) is 3.06. The first kappa shape index (κ1) is 33.1. The van der Waals surface area contributed by atoms with E-state index in [0.29, 0.717) is 87.3 Å². The fraction of sp³-hybridized carbons (Fsp3) is 0.571. The van der Waals surface area contributed by atoms with Gasteiger partial charge in [-0.2, -0.15) is 0 Å². The van der Waals surface area contributed by atoms with E-state index in [1.54, 1.807) is 36.5 Å². The Labute approximate surface area is 260 Å². The first-order valence-corrected chi connectivity index (χ1v) is 16.2. The fourth-order valence-corrected chi connectivity index (χ4v) is 5.77. The predicted molar refractivity (Wildman–Crippen MR) is 164 cm³/mol. The molecule has 4 rings (SSSR count). The van der Waals surface area contributed by atoms with Gasteiger partial charge in [0.05, 0.1) is 42.6 Å². The molecule has 9 heteroatoms. The van der Waals surface area contributed by atoms with Crippen LogP contribution in [-0.4, -0.2) is 42.1 Å². The van der Waals surface area contributed by atoms with Crippen LogP contribution in [0.1, 0.15) is 90.9 Å². The van der Waals surface area contributed by atoms with E-state index in [9.17, 15) is 19.2 Å². The average molecular weight is 608 g/mol. The Morgan fingerprint density at radius 2 is 1.16 bits per heavy atom. The van der Waals surface area contributed by atoms with Crippen LogP contribution < -0.4 is 9.47 Å². The number of hydrogen-bond donors (Lipinski definition) is 0. The van der Waals surface area contributed by atoms with Gasteiger partial charge in [0.25, 0.3) is 0 Å². The lowest BCUT2D eigenvalue weighted by atomic mass is 9.82. The van der Waals surface area contributed by atoms with Crippen molar-refractivity contribution in [1.82, 2.24) is 4.98 Å². The molecule has 0 amide bonds. The topological polar surface area (TPSA) is 118 Å². The van der Waals surface area contributed by atoms with Crippen LogP contribution in [0.3, 0.4) is 0 Å². The lowest BCUT2D eigenvalue weighted by Crippen LogP contribution is -2.30. The molecule has 1 aromatic heterocycles. The van der Waals surface area contributed by atoms with Crippen molar-refractivity contribution in [2.45, 2.75) is 90.9 Å². The van der Waals surface area contributed by atoms with Gasteiger partial charge in [0.1, 0.15) is 11.5 Å². The number of esters is 4. The largest absolute Gasteiger partial charge is 0.465 e. The van der Waals surface area contributed by atoms with Gasteiger partial charge >= 0.3 is 23.9 Å². The molecule has 2 aromatic rings. The summed E-state index contributed by atoms with van der Waals surface area (Å²) in [5.41, 5.74) is 1.12. The second kappa shape index (κ2) is 16.9. The van der Waals surface area contributed by atoms with Gasteiger partial charge in [0.15, 0.2) is 0 Å². The molecule has 0 spiro atoms. The van der Waals surface area contributed by atoms with Crippen molar-refractivity contribution in [3.8, 4) is 22.8 Å². The molecule has 0 saturated heterocycles. The van der Waals surface area contributed by atoms with Crippen molar-refractivity contribution in [2.24, 2.45) is 23.7 Å². The Bertz CT molecular complexity index is 1250. The van der Waals surface area contributed by atoms with Crippen LogP contribution in [-0.2, 0) is 28.7 Å². The molecule has 1 heterocycles. The first-order chi connectivity index (χ1) is 21.4. The molecule has 2 aliphatic carbocycles. The van der Waals surface area contributed by atoms with Crippen molar-refractivity contribution in [3.63, 3.8) is 0 Å². The molecule has 0 unspecified atom stereocenters. The molecular formula is C35H45NO8. The number of hydrogen-bond acceptors (Lipinski definition) is 9. The summed E-state index contributed by atoms with van der Waals surface area (Å²) >= 11 is 0. The van der Waals surface area contributed by atoms with E-state index in [-0.39, 0.29) is 47.5 Å². The molecule has 44 heavy (non-hydrogen) atoms. The first-order valence-electron chi connectivity index (χ1n) is 16.2. The number of ether oxygens (including phenoxy) is 4. The summed E-state index contributed by atoms with van der Waals surface area (Å²) in [4.78, 5) is 55.3. The summed E-state index contributed by atoms with van der Waals surface area (Å²) in [6.45, 7) is 4.98. The number of nitrogens with zero attached hydrogens (tertiary/aromatic N) is 1. The predicted octanol–water partition coefficient (Wildman–Crippen LogP) is 6.86. The molecule has 2 saturated carbocycles. The van der Waals surface area contributed by atoms with Crippen LogP contribution in [0.2, 0.25) is 0 Å². The Kier molecular flexibility index (Phi) is 12.8. The highest BCUT2D eigenvalue weighted by Gasteiger charge is 2.33. The number of carbonyl (C=O) groups is 4. The third-order valence-corrected chi connectivity index (χ3v) is 8.59. The van der Waals surface area contributed by atoms with E-state index in [1.807, 2.05) is 19.9 Å². The molecule has 0 N–H and O–H groups in total. The van der Waals surface area contributed by atoms with Crippen LogP contribution in [0.25, 0.3) is 11.3 Å². The second-order valence-corrected chi connectivity index (χ2v) is 11.9. The van der Waals surface area contributed by atoms with Crippen LogP contribution in [0, 0.1) is 23.7 Å². The maximum absolute atomic E-state index is 13.2. The normalized spacial score (nSPS) is 21.6. The maximum Gasteiger partial charge on any atom is 0.314 e. The summed E-state index contributed by atoms with van der Waals surface area (Å²) in [5.74, 6) is -1.35. The van der Waals surface area contributed by atoms with Gasteiger partial charge in [-0.15, -0.1) is 0 Å². The summed E-state index contributed by atoms with van der Waals surface area (Å²) in [6, 6.07) is 10.3. The van der Waals surface area contributed by atoms with E-state index in [0.717, 1.165) is 25.7 Å². The number of rotatable bonds is 13. The van der Waals surface area contributed by atoms with Crippen LogP contribution >= 0.6 is 0 Å². The molecule has 2 fully saturated rings. The third-order valence-electron chi connectivity index (χ3n) is 8.59. The van der Waals surface area contributed by atoms with E-state index in [2.05, 4.69) is 4.98 Å². The van der Waals surface area contributed by atoms with Gasteiger partial charge in [0.2, 0.25) is 0 Å². The fourth-order valence-electron chi connectivity index (χ4n) is 5.77. The second-order valence-electron chi connectivity index (χ2n) is 11.9. The molecule has 0 aliphatic heterocycles. The maximum atomic E-state index is 13.2. The Morgan fingerprint density at radius 1 is 0.659 bits per heavy atom.